The number of nitrogens with zero attached hydrogens (tertiary/aromatic N) is 2. The van der Waals surface area contributed by atoms with E-state index in [2.05, 4.69) is 14.9 Å². The lowest BCUT2D eigenvalue weighted by Crippen LogP contribution is -2.19. The fraction of sp³-hybridized carbons (Fsp3) is 0.769. The lowest BCUT2D eigenvalue weighted by molar-refractivity contribution is 0.571. The van der Waals surface area contributed by atoms with E-state index in [1.165, 1.54) is 12.8 Å². The van der Waals surface area contributed by atoms with Crippen molar-refractivity contribution in [1.82, 2.24) is 14.9 Å². The number of hydrogen-bond acceptors (Lipinski definition) is 4. The van der Waals surface area contributed by atoms with Gasteiger partial charge in [-0.25, -0.2) is 13.4 Å². The lowest BCUT2D eigenvalue weighted by atomic mass is 10.4. The molecule has 2 rings (SSSR count). The van der Waals surface area contributed by atoms with Crippen LogP contribution in [0.1, 0.15) is 37.7 Å². The summed E-state index contributed by atoms with van der Waals surface area (Å²) in [6, 6.07) is 0.670. The van der Waals surface area contributed by atoms with Crippen LogP contribution in [-0.4, -0.2) is 35.5 Å². The zero-order chi connectivity index (χ0) is 13.9. The fourth-order valence-electron chi connectivity index (χ4n) is 2.08. The minimum Gasteiger partial charge on any atom is -0.331 e. The number of sulfone groups is 1. The van der Waals surface area contributed by atoms with Crippen molar-refractivity contribution in [2.45, 2.75) is 52.2 Å². The molecule has 19 heavy (non-hydrogen) atoms. The fourth-order valence-corrected chi connectivity index (χ4v) is 2.94. The van der Waals surface area contributed by atoms with E-state index in [1.54, 1.807) is 6.92 Å². The summed E-state index contributed by atoms with van der Waals surface area (Å²) in [5.41, 5.74) is 1.15. The van der Waals surface area contributed by atoms with E-state index in [1.807, 2.05) is 13.1 Å². The van der Waals surface area contributed by atoms with Crippen molar-refractivity contribution in [2.24, 2.45) is 0 Å². The first-order chi connectivity index (χ1) is 9.02. The van der Waals surface area contributed by atoms with Crippen molar-refractivity contribution < 1.29 is 8.42 Å². The molecule has 0 aliphatic heterocycles. The second-order valence-corrected chi connectivity index (χ2v) is 7.67. The second kappa shape index (κ2) is 6.05. The van der Waals surface area contributed by atoms with Gasteiger partial charge in [0.2, 0.25) is 0 Å². The summed E-state index contributed by atoms with van der Waals surface area (Å²) in [4.78, 5) is 4.32. The van der Waals surface area contributed by atoms with Crippen LogP contribution in [-0.2, 0) is 22.9 Å². The van der Waals surface area contributed by atoms with Gasteiger partial charge in [0.15, 0.2) is 0 Å². The van der Waals surface area contributed by atoms with Gasteiger partial charge in [0.05, 0.1) is 11.4 Å². The number of hydrogen-bond donors (Lipinski definition) is 1. The summed E-state index contributed by atoms with van der Waals surface area (Å²) in [5.74, 6) is 1.45. The molecule has 0 radical (unpaired) electrons. The summed E-state index contributed by atoms with van der Waals surface area (Å²) in [6.07, 6.45) is 5.08. The molecular weight excluding hydrogens is 262 g/mol. The number of nitrogens with one attached hydrogen (secondary N) is 1. The Morgan fingerprint density at radius 1 is 1.47 bits per heavy atom. The first-order valence-corrected chi connectivity index (χ1v) is 8.79. The Labute approximate surface area is 115 Å². The van der Waals surface area contributed by atoms with Crippen molar-refractivity contribution in [1.29, 1.82) is 0 Å². The van der Waals surface area contributed by atoms with Crippen molar-refractivity contribution in [3.8, 4) is 0 Å². The van der Waals surface area contributed by atoms with Crippen LogP contribution >= 0.6 is 0 Å². The van der Waals surface area contributed by atoms with Crippen molar-refractivity contribution in [2.75, 3.05) is 11.5 Å². The van der Waals surface area contributed by atoms with Gasteiger partial charge < -0.3 is 9.88 Å². The maximum atomic E-state index is 11.5. The van der Waals surface area contributed by atoms with Gasteiger partial charge in [-0.1, -0.05) is 6.92 Å². The van der Waals surface area contributed by atoms with E-state index in [0.29, 0.717) is 12.5 Å². The second-order valence-electron chi connectivity index (χ2n) is 5.19. The zero-order valence-electron chi connectivity index (χ0n) is 11.7. The van der Waals surface area contributed by atoms with E-state index in [9.17, 15) is 8.42 Å². The van der Waals surface area contributed by atoms with E-state index in [-0.39, 0.29) is 11.5 Å². The molecule has 5 nitrogen and oxygen atoms in total. The molecule has 6 heteroatoms. The standard InChI is InChI=1S/C13H23N3O2S/c1-3-19(17,18)8-4-7-16-11(2)14-9-13(16)10-15-12-5-6-12/h9,12,15H,3-8,10H2,1-2H3. The largest absolute Gasteiger partial charge is 0.331 e. The summed E-state index contributed by atoms with van der Waals surface area (Å²) < 4.78 is 25.1. The number of imidazole rings is 1. The monoisotopic (exact) mass is 285 g/mol. The van der Waals surface area contributed by atoms with E-state index in [4.69, 9.17) is 0 Å². The Bertz CT molecular complexity index is 518. The predicted octanol–water partition coefficient (Wildman–Crippen LogP) is 1.27. The number of aromatic nitrogens is 2. The number of aryl methyl sites for hydroxylation is 1. The van der Waals surface area contributed by atoms with Gasteiger partial charge >= 0.3 is 0 Å². The molecule has 0 unspecified atom stereocenters. The topological polar surface area (TPSA) is 64.0 Å². The minimum absolute atomic E-state index is 0.228. The molecule has 0 spiro atoms. The highest BCUT2D eigenvalue weighted by Gasteiger charge is 2.21. The van der Waals surface area contributed by atoms with E-state index in [0.717, 1.165) is 24.6 Å². The van der Waals surface area contributed by atoms with Crippen LogP contribution in [0.25, 0.3) is 0 Å². The van der Waals surface area contributed by atoms with Crippen LogP contribution < -0.4 is 5.32 Å². The average molecular weight is 285 g/mol. The molecule has 0 amide bonds. The van der Waals surface area contributed by atoms with Gasteiger partial charge in [-0.2, -0.15) is 0 Å². The van der Waals surface area contributed by atoms with Crippen molar-refractivity contribution in [3.05, 3.63) is 17.7 Å². The molecule has 0 saturated heterocycles. The third-order valence-corrected chi connectivity index (χ3v) is 5.35. The molecule has 1 aliphatic rings. The summed E-state index contributed by atoms with van der Waals surface area (Å²) in [6.45, 7) is 5.22. The van der Waals surface area contributed by atoms with Gasteiger partial charge in [0.1, 0.15) is 15.7 Å². The maximum absolute atomic E-state index is 11.5. The van der Waals surface area contributed by atoms with Gasteiger partial charge in [0.25, 0.3) is 0 Å². The predicted molar refractivity (Wildman–Crippen MR) is 75.8 cm³/mol. The quantitative estimate of drug-likeness (QED) is 0.781. The average Bonchev–Trinajstić information content (AvgIpc) is 3.14. The normalized spacial score (nSPS) is 15.9. The van der Waals surface area contributed by atoms with E-state index < -0.39 is 9.84 Å². The molecule has 1 heterocycles. The minimum atomic E-state index is -2.86. The smallest absolute Gasteiger partial charge is 0.150 e. The zero-order valence-corrected chi connectivity index (χ0v) is 12.5. The summed E-state index contributed by atoms with van der Waals surface area (Å²) >= 11 is 0. The van der Waals surface area contributed by atoms with Crippen LogP contribution in [0.15, 0.2) is 6.20 Å². The van der Waals surface area contributed by atoms with Gasteiger partial charge in [-0.05, 0) is 26.2 Å². The Morgan fingerprint density at radius 2 is 2.21 bits per heavy atom. The molecule has 0 atom stereocenters. The molecule has 0 bridgehead atoms. The van der Waals surface area contributed by atoms with Gasteiger partial charge in [-0.3, -0.25) is 0 Å². The van der Waals surface area contributed by atoms with Crippen molar-refractivity contribution in [3.63, 3.8) is 0 Å². The van der Waals surface area contributed by atoms with E-state index >= 15 is 0 Å². The van der Waals surface area contributed by atoms with Gasteiger partial charge in [0, 0.05) is 31.1 Å². The first kappa shape index (κ1) is 14.5. The molecule has 1 aromatic heterocycles. The Balaban J connectivity index is 1.89. The summed E-state index contributed by atoms with van der Waals surface area (Å²) in [7, 11) is -2.86. The molecule has 1 aromatic rings. The van der Waals surface area contributed by atoms with Crippen LogP contribution in [0.5, 0.6) is 0 Å². The molecule has 1 aliphatic carbocycles. The highest BCUT2D eigenvalue weighted by molar-refractivity contribution is 7.91. The Hall–Kier alpha value is -0.880. The highest BCUT2D eigenvalue weighted by atomic mass is 32.2. The SMILES string of the molecule is CCS(=O)(=O)CCCn1c(CNC2CC2)cnc1C. The van der Waals surface area contributed by atoms with Crippen LogP contribution in [0.4, 0.5) is 0 Å². The van der Waals surface area contributed by atoms with Gasteiger partial charge in [-0.15, -0.1) is 0 Å². The Morgan fingerprint density at radius 3 is 2.84 bits per heavy atom. The number of rotatable bonds is 8. The maximum Gasteiger partial charge on any atom is 0.150 e. The molecule has 1 N–H and O–H groups in total. The molecule has 0 aromatic carbocycles. The first-order valence-electron chi connectivity index (χ1n) is 6.96. The molecular formula is C13H23N3O2S. The third kappa shape index (κ3) is 4.31. The Kier molecular flexibility index (Phi) is 4.62. The molecule has 1 saturated carbocycles. The third-order valence-electron chi connectivity index (χ3n) is 3.56. The lowest BCUT2D eigenvalue weighted by Gasteiger charge is -2.11. The highest BCUT2D eigenvalue weighted by Crippen LogP contribution is 2.19. The molecule has 108 valence electrons. The summed E-state index contributed by atoms with van der Waals surface area (Å²) in [5, 5.41) is 3.47. The van der Waals surface area contributed by atoms with Crippen LogP contribution in [0.2, 0.25) is 0 Å². The van der Waals surface area contributed by atoms with Crippen molar-refractivity contribution >= 4 is 9.84 Å². The van der Waals surface area contributed by atoms with Crippen LogP contribution in [0, 0.1) is 6.92 Å². The molecule has 1 fully saturated rings. The van der Waals surface area contributed by atoms with Crippen LogP contribution in [0.3, 0.4) is 0 Å².